The van der Waals surface area contributed by atoms with Gasteiger partial charge < -0.3 is 10.3 Å². The van der Waals surface area contributed by atoms with Crippen LogP contribution in [0.25, 0.3) is 0 Å². The van der Waals surface area contributed by atoms with E-state index >= 15 is 0 Å². The van der Waals surface area contributed by atoms with E-state index in [1.165, 1.54) is 5.56 Å². The van der Waals surface area contributed by atoms with E-state index in [0.717, 1.165) is 32.5 Å². The molecule has 0 spiro atoms. The van der Waals surface area contributed by atoms with Crippen LogP contribution >= 0.6 is 11.6 Å². The molecule has 22 heavy (non-hydrogen) atoms. The second kappa shape index (κ2) is 6.99. The van der Waals surface area contributed by atoms with Crippen LogP contribution in [0.4, 0.5) is 0 Å². The van der Waals surface area contributed by atoms with Crippen LogP contribution in [0.3, 0.4) is 0 Å². The van der Waals surface area contributed by atoms with E-state index in [1.807, 2.05) is 6.07 Å². The zero-order valence-corrected chi connectivity index (χ0v) is 13.1. The quantitative estimate of drug-likeness (QED) is 0.910. The lowest BCUT2D eigenvalue weighted by atomic mass is 10.0. The fourth-order valence-corrected chi connectivity index (χ4v) is 3.00. The molecule has 4 nitrogen and oxygen atoms in total. The highest BCUT2D eigenvalue weighted by Crippen LogP contribution is 2.15. The summed E-state index contributed by atoms with van der Waals surface area (Å²) in [6.45, 7) is 2.99. The average Bonchev–Trinajstić information content (AvgIpc) is 2.97. The Bertz CT molecular complexity index is 618. The van der Waals surface area contributed by atoms with Crippen LogP contribution in [0.1, 0.15) is 28.9 Å². The molecule has 2 heterocycles. The number of amides is 1. The van der Waals surface area contributed by atoms with Gasteiger partial charge in [-0.2, -0.15) is 0 Å². The third kappa shape index (κ3) is 3.90. The summed E-state index contributed by atoms with van der Waals surface area (Å²) in [4.78, 5) is 17.4. The topological polar surface area (TPSA) is 48.1 Å². The van der Waals surface area contributed by atoms with Crippen LogP contribution in [-0.4, -0.2) is 34.9 Å². The number of hydrogen-bond donors (Lipinski definition) is 2. The van der Waals surface area contributed by atoms with E-state index in [4.69, 9.17) is 11.6 Å². The van der Waals surface area contributed by atoms with Crippen molar-refractivity contribution < 1.29 is 4.79 Å². The molecular formula is C17H20ClN3O. The summed E-state index contributed by atoms with van der Waals surface area (Å²) < 4.78 is 0. The standard InChI is InChI=1S/C17H20ClN3O/c18-14-10-16(19-11-14)17(22)20-15-6-8-21(9-7-15)12-13-4-2-1-3-5-13/h1-5,10-11,15,19H,6-9,12H2,(H,20,22). The Balaban J connectivity index is 1.46. The number of piperidine rings is 1. The molecule has 0 radical (unpaired) electrons. The fourth-order valence-electron chi connectivity index (χ4n) is 2.84. The Labute approximate surface area is 135 Å². The summed E-state index contributed by atoms with van der Waals surface area (Å²) in [5.74, 6) is -0.0755. The van der Waals surface area contributed by atoms with Crippen molar-refractivity contribution in [1.82, 2.24) is 15.2 Å². The fraction of sp³-hybridized carbons (Fsp3) is 0.353. The monoisotopic (exact) mass is 317 g/mol. The van der Waals surface area contributed by atoms with Crippen molar-refractivity contribution in [2.45, 2.75) is 25.4 Å². The maximum absolute atomic E-state index is 12.1. The zero-order chi connectivity index (χ0) is 15.4. The molecule has 1 amide bonds. The molecule has 1 aromatic heterocycles. The molecule has 2 N–H and O–H groups in total. The van der Waals surface area contributed by atoms with Crippen LogP contribution in [0, 0.1) is 0 Å². The molecular weight excluding hydrogens is 298 g/mol. The average molecular weight is 318 g/mol. The van der Waals surface area contributed by atoms with Gasteiger partial charge in [0.1, 0.15) is 5.69 Å². The van der Waals surface area contributed by atoms with Crippen molar-refractivity contribution in [3.8, 4) is 0 Å². The third-order valence-electron chi connectivity index (χ3n) is 4.06. The summed E-state index contributed by atoms with van der Waals surface area (Å²) >= 11 is 5.83. The van der Waals surface area contributed by atoms with Gasteiger partial charge in [-0.25, -0.2) is 0 Å². The van der Waals surface area contributed by atoms with E-state index in [0.29, 0.717) is 10.7 Å². The van der Waals surface area contributed by atoms with Crippen molar-refractivity contribution in [2.24, 2.45) is 0 Å². The highest BCUT2D eigenvalue weighted by Gasteiger charge is 2.21. The van der Waals surface area contributed by atoms with Gasteiger partial charge in [0.25, 0.3) is 5.91 Å². The van der Waals surface area contributed by atoms with Crippen LogP contribution in [-0.2, 0) is 6.54 Å². The van der Waals surface area contributed by atoms with Gasteiger partial charge in [0.05, 0.1) is 5.02 Å². The van der Waals surface area contributed by atoms with E-state index < -0.39 is 0 Å². The number of rotatable bonds is 4. The zero-order valence-electron chi connectivity index (χ0n) is 12.4. The number of hydrogen-bond acceptors (Lipinski definition) is 2. The number of aromatic nitrogens is 1. The third-order valence-corrected chi connectivity index (χ3v) is 4.28. The lowest BCUT2D eigenvalue weighted by molar-refractivity contribution is 0.0904. The lowest BCUT2D eigenvalue weighted by Crippen LogP contribution is -2.44. The minimum atomic E-state index is -0.0755. The van der Waals surface area contributed by atoms with E-state index in [-0.39, 0.29) is 11.9 Å². The number of carbonyl (C=O) groups excluding carboxylic acids is 1. The van der Waals surface area contributed by atoms with Crippen molar-refractivity contribution in [2.75, 3.05) is 13.1 Å². The molecule has 0 saturated carbocycles. The molecule has 1 aromatic carbocycles. The van der Waals surface area contributed by atoms with E-state index in [9.17, 15) is 4.79 Å². The van der Waals surface area contributed by atoms with Gasteiger partial charge >= 0.3 is 0 Å². The maximum Gasteiger partial charge on any atom is 0.267 e. The minimum Gasteiger partial charge on any atom is -0.356 e. The SMILES string of the molecule is O=C(NC1CCN(Cc2ccccc2)CC1)c1cc(Cl)c[nH]1. The van der Waals surface area contributed by atoms with Gasteiger partial charge in [-0.15, -0.1) is 0 Å². The maximum atomic E-state index is 12.1. The summed E-state index contributed by atoms with van der Waals surface area (Å²) in [5.41, 5.74) is 1.86. The van der Waals surface area contributed by atoms with Crippen molar-refractivity contribution in [1.29, 1.82) is 0 Å². The molecule has 5 heteroatoms. The van der Waals surface area contributed by atoms with Gasteiger partial charge in [0.15, 0.2) is 0 Å². The molecule has 0 bridgehead atoms. The molecule has 2 aromatic rings. The molecule has 1 fully saturated rings. The van der Waals surface area contributed by atoms with Crippen LogP contribution in [0.2, 0.25) is 5.02 Å². The molecule has 116 valence electrons. The van der Waals surface area contributed by atoms with Gasteiger partial charge in [0.2, 0.25) is 0 Å². The number of halogens is 1. The first-order chi connectivity index (χ1) is 10.7. The summed E-state index contributed by atoms with van der Waals surface area (Å²) in [6.07, 6.45) is 3.58. The number of carbonyl (C=O) groups is 1. The van der Waals surface area contributed by atoms with E-state index in [2.05, 4.69) is 39.5 Å². The first kappa shape index (κ1) is 15.1. The summed E-state index contributed by atoms with van der Waals surface area (Å²) in [7, 11) is 0. The molecule has 1 saturated heterocycles. The highest BCUT2D eigenvalue weighted by molar-refractivity contribution is 6.30. The number of nitrogens with zero attached hydrogens (tertiary/aromatic N) is 1. The molecule has 0 atom stereocenters. The van der Waals surface area contributed by atoms with Crippen LogP contribution in [0.5, 0.6) is 0 Å². The Morgan fingerprint density at radius 1 is 1.27 bits per heavy atom. The van der Waals surface area contributed by atoms with E-state index in [1.54, 1.807) is 12.3 Å². The number of nitrogens with one attached hydrogen (secondary N) is 2. The first-order valence-corrected chi connectivity index (χ1v) is 7.99. The van der Waals surface area contributed by atoms with Gasteiger partial charge in [0, 0.05) is 31.9 Å². The highest BCUT2D eigenvalue weighted by atomic mass is 35.5. The molecule has 1 aliphatic heterocycles. The van der Waals surface area contributed by atoms with Crippen molar-refractivity contribution in [3.63, 3.8) is 0 Å². The number of likely N-dealkylation sites (tertiary alicyclic amines) is 1. The van der Waals surface area contributed by atoms with Crippen LogP contribution < -0.4 is 5.32 Å². The lowest BCUT2D eigenvalue weighted by Gasteiger charge is -2.32. The smallest absolute Gasteiger partial charge is 0.267 e. The normalized spacial score (nSPS) is 16.6. The number of aromatic amines is 1. The van der Waals surface area contributed by atoms with Gasteiger partial charge in [-0.05, 0) is 24.5 Å². The van der Waals surface area contributed by atoms with Crippen LogP contribution in [0.15, 0.2) is 42.6 Å². The predicted octanol–water partition coefficient (Wildman–Crippen LogP) is 3.06. The Kier molecular flexibility index (Phi) is 4.80. The first-order valence-electron chi connectivity index (χ1n) is 7.62. The van der Waals surface area contributed by atoms with Crippen molar-refractivity contribution >= 4 is 17.5 Å². The number of H-pyrrole nitrogens is 1. The summed E-state index contributed by atoms with van der Waals surface area (Å²) in [5, 5.41) is 3.64. The largest absolute Gasteiger partial charge is 0.356 e. The predicted molar refractivity (Wildman–Crippen MR) is 88.0 cm³/mol. The second-order valence-electron chi connectivity index (χ2n) is 5.74. The molecule has 0 aliphatic carbocycles. The second-order valence-corrected chi connectivity index (χ2v) is 6.18. The minimum absolute atomic E-state index is 0.0755. The molecule has 0 unspecified atom stereocenters. The van der Waals surface area contributed by atoms with Gasteiger partial charge in [-0.3, -0.25) is 9.69 Å². The summed E-state index contributed by atoms with van der Waals surface area (Å²) in [6, 6.07) is 12.4. The molecule has 1 aliphatic rings. The Morgan fingerprint density at radius 2 is 2.00 bits per heavy atom. The Morgan fingerprint density at radius 3 is 2.64 bits per heavy atom. The van der Waals surface area contributed by atoms with Crippen molar-refractivity contribution in [3.05, 3.63) is 58.9 Å². The Hall–Kier alpha value is -1.78. The number of benzene rings is 1. The van der Waals surface area contributed by atoms with Gasteiger partial charge in [-0.1, -0.05) is 41.9 Å². The molecule has 3 rings (SSSR count).